The van der Waals surface area contributed by atoms with Crippen LogP contribution in [-0.2, 0) is 16.1 Å². The molecule has 1 fully saturated rings. The van der Waals surface area contributed by atoms with Crippen molar-refractivity contribution < 1.29 is 28.6 Å². The summed E-state index contributed by atoms with van der Waals surface area (Å²) in [5, 5.41) is 7.46. The van der Waals surface area contributed by atoms with Crippen LogP contribution >= 0.6 is 0 Å². The van der Waals surface area contributed by atoms with E-state index in [0.29, 0.717) is 17.2 Å². The van der Waals surface area contributed by atoms with Crippen molar-refractivity contribution in [2.45, 2.75) is 63.6 Å². The SMILES string of the molecule is COC(=O)c1cc2n(n1)C[C@](C)(C(=O)NC1CCCCCC1)N(c1cc(OC)cc(OC)c1)C2=O. The quantitative estimate of drug-likeness (QED) is 0.496. The number of nitrogens with one attached hydrogen (secondary N) is 1. The molecule has 1 saturated carbocycles. The minimum Gasteiger partial charge on any atom is -0.497 e. The van der Waals surface area contributed by atoms with Gasteiger partial charge in [0.25, 0.3) is 5.91 Å². The number of hydrogen-bond donors (Lipinski definition) is 1. The molecule has 1 aliphatic carbocycles. The van der Waals surface area contributed by atoms with Crippen LogP contribution in [0.4, 0.5) is 5.69 Å². The van der Waals surface area contributed by atoms with Crippen molar-refractivity contribution in [3.63, 3.8) is 0 Å². The first-order valence-electron chi connectivity index (χ1n) is 11.9. The number of esters is 1. The highest BCUT2D eigenvalue weighted by atomic mass is 16.5. The Morgan fingerprint density at radius 1 is 1.00 bits per heavy atom. The number of carbonyl (C=O) groups is 3. The molecule has 0 unspecified atom stereocenters. The fourth-order valence-corrected chi connectivity index (χ4v) is 4.88. The Morgan fingerprint density at radius 3 is 2.20 bits per heavy atom. The minimum absolute atomic E-state index is 0.00690. The van der Waals surface area contributed by atoms with Gasteiger partial charge in [-0.2, -0.15) is 5.10 Å². The van der Waals surface area contributed by atoms with Crippen LogP contribution in [0.5, 0.6) is 11.5 Å². The van der Waals surface area contributed by atoms with E-state index >= 15 is 0 Å². The predicted molar refractivity (Wildman–Crippen MR) is 128 cm³/mol. The first-order valence-corrected chi connectivity index (χ1v) is 11.9. The molecular formula is C25H32N4O6. The molecule has 0 spiro atoms. The summed E-state index contributed by atoms with van der Waals surface area (Å²) in [6, 6.07) is 6.50. The molecule has 2 aliphatic rings. The van der Waals surface area contributed by atoms with Gasteiger partial charge in [-0.1, -0.05) is 25.7 Å². The summed E-state index contributed by atoms with van der Waals surface area (Å²) in [5.41, 5.74) is -0.691. The number of methoxy groups -OCH3 is 3. The average molecular weight is 485 g/mol. The molecule has 1 atom stereocenters. The lowest BCUT2D eigenvalue weighted by Gasteiger charge is -2.43. The molecule has 188 valence electrons. The Morgan fingerprint density at radius 2 is 1.63 bits per heavy atom. The van der Waals surface area contributed by atoms with Gasteiger partial charge in [0.15, 0.2) is 5.69 Å². The van der Waals surface area contributed by atoms with E-state index < -0.39 is 17.4 Å². The van der Waals surface area contributed by atoms with Crippen molar-refractivity contribution in [3.8, 4) is 11.5 Å². The number of anilines is 1. The number of amides is 2. The molecule has 0 saturated heterocycles. The molecule has 2 aromatic rings. The van der Waals surface area contributed by atoms with Crippen LogP contribution in [0.2, 0.25) is 0 Å². The van der Waals surface area contributed by atoms with Crippen LogP contribution in [0, 0.1) is 0 Å². The van der Waals surface area contributed by atoms with E-state index in [1.54, 1.807) is 25.1 Å². The summed E-state index contributed by atoms with van der Waals surface area (Å²) in [6.45, 7) is 1.77. The number of hydrogen-bond acceptors (Lipinski definition) is 7. The molecule has 1 N–H and O–H groups in total. The smallest absolute Gasteiger partial charge is 0.358 e. The highest BCUT2D eigenvalue weighted by Gasteiger charge is 2.49. The number of ether oxygens (including phenoxy) is 3. The zero-order valence-corrected chi connectivity index (χ0v) is 20.6. The second-order valence-corrected chi connectivity index (χ2v) is 9.21. The largest absolute Gasteiger partial charge is 0.497 e. The molecule has 1 aromatic heterocycles. The molecule has 2 heterocycles. The van der Waals surface area contributed by atoms with Gasteiger partial charge in [0.05, 0.1) is 33.6 Å². The van der Waals surface area contributed by atoms with Gasteiger partial charge in [0.1, 0.15) is 22.7 Å². The Labute approximate surface area is 204 Å². The van der Waals surface area contributed by atoms with Crippen LogP contribution in [0.3, 0.4) is 0 Å². The number of nitrogens with zero attached hydrogens (tertiary/aromatic N) is 3. The molecule has 0 radical (unpaired) electrons. The predicted octanol–water partition coefficient (Wildman–Crippen LogP) is 2.95. The van der Waals surface area contributed by atoms with Gasteiger partial charge in [0.2, 0.25) is 5.91 Å². The third kappa shape index (κ3) is 4.69. The monoisotopic (exact) mass is 484 g/mol. The summed E-state index contributed by atoms with van der Waals surface area (Å²) < 4.78 is 17.0. The van der Waals surface area contributed by atoms with Gasteiger partial charge in [-0.15, -0.1) is 0 Å². The first-order chi connectivity index (χ1) is 16.8. The van der Waals surface area contributed by atoms with E-state index in [1.807, 2.05) is 0 Å². The second-order valence-electron chi connectivity index (χ2n) is 9.21. The zero-order chi connectivity index (χ0) is 25.2. The van der Waals surface area contributed by atoms with Gasteiger partial charge >= 0.3 is 5.97 Å². The van der Waals surface area contributed by atoms with Crippen LogP contribution in [-0.4, -0.2) is 60.5 Å². The molecule has 1 aliphatic heterocycles. The Bertz CT molecular complexity index is 1100. The molecule has 4 rings (SSSR count). The molecule has 10 nitrogen and oxygen atoms in total. The van der Waals surface area contributed by atoms with Gasteiger partial charge in [-0.25, -0.2) is 4.79 Å². The summed E-state index contributed by atoms with van der Waals surface area (Å²) >= 11 is 0. The maximum Gasteiger partial charge on any atom is 0.358 e. The molecule has 35 heavy (non-hydrogen) atoms. The van der Waals surface area contributed by atoms with Crippen LogP contribution in [0.25, 0.3) is 0 Å². The lowest BCUT2D eigenvalue weighted by atomic mass is 9.93. The number of benzene rings is 1. The maximum atomic E-state index is 13.9. The van der Waals surface area contributed by atoms with E-state index in [1.165, 1.54) is 37.0 Å². The van der Waals surface area contributed by atoms with Gasteiger partial charge < -0.3 is 19.5 Å². The van der Waals surface area contributed by atoms with Crippen molar-refractivity contribution in [2.75, 3.05) is 26.2 Å². The fraction of sp³-hybridized carbons (Fsp3) is 0.520. The fourth-order valence-electron chi connectivity index (χ4n) is 4.88. The van der Waals surface area contributed by atoms with Crippen molar-refractivity contribution in [1.82, 2.24) is 15.1 Å². The highest BCUT2D eigenvalue weighted by Crippen LogP contribution is 2.37. The third-order valence-corrected chi connectivity index (χ3v) is 6.82. The van der Waals surface area contributed by atoms with Crippen LogP contribution < -0.4 is 19.7 Å². The van der Waals surface area contributed by atoms with Crippen LogP contribution in [0.1, 0.15) is 66.4 Å². The summed E-state index contributed by atoms with van der Waals surface area (Å²) in [5.74, 6) is -0.437. The first kappa shape index (κ1) is 24.6. The van der Waals surface area contributed by atoms with Crippen molar-refractivity contribution >= 4 is 23.5 Å². The van der Waals surface area contributed by atoms with Crippen molar-refractivity contribution in [3.05, 3.63) is 35.7 Å². The third-order valence-electron chi connectivity index (χ3n) is 6.82. The summed E-state index contributed by atoms with van der Waals surface area (Å²) in [4.78, 5) is 41.3. The number of aromatic nitrogens is 2. The lowest BCUT2D eigenvalue weighted by Crippen LogP contribution is -2.65. The van der Waals surface area contributed by atoms with E-state index in [9.17, 15) is 14.4 Å². The van der Waals surface area contributed by atoms with Gasteiger partial charge in [-0.05, 0) is 19.8 Å². The number of carbonyl (C=O) groups excluding carboxylic acids is 3. The second kappa shape index (κ2) is 9.97. The Balaban J connectivity index is 1.79. The van der Waals surface area contributed by atoms with Crippen LogP contribution in [0.15, 0.2) is 24.3 Å². The Hall–Kier alpha value is -3.56. The van der Waals surface area contributed by atoms with E-state index in [2.05, 4.69) is 10.4 Å². The van der Waals surface area contributed by atoms with Gasteiger partial charge in [-0.3, -0.25) is 19.2 Å². The standard InChI is InChI=1S/C25H32N4O6/c1-25(24(32)26-16-9-7-5-6-8-10-16)15-28-21(14-20(27-28)23(31)35-4)22(30)29(25)17-11-18(33-2)13-19(12-17)34-3/h11-14,16H,5-10,15H2,1-4H3,(H,26,32)/t25-/m1/s1. The number of rotatable bonds is 6. The maximum absolute atomic E-state index is 13.9. The molecule has 0 bridgehead atoms. The summed E-state index contributed by atoms with van der Waals surface area (Å²) in [6.07, 6.45) is 6.24. The van der Waals surface area contributed by atoms with Crippen molar-refractivity contribution in [2.24, 2.45) is 0 Å². The molecule has 2 amide bonds. The van der Waals surface area contributed by atoms with E-state index in [4.69, 9.17) is 14.2 Å². The highest BCUT2D eigenvalue weighted by molar-refractivity contribution is 6.12. The minimum atomic E-state index is -1.33. The zero-order valence-electron chi connectivity index (χ0n) is 20.6. The topological polar surface area (TPSA) is 112 Å². The van der Waals surface area contributed by atoms with Gasteiger partial charge in [0, 0.05) is 30.3 Å². The molecule has 10 heteroatoms. The lowest BCUT2D eigenvalue weighted by molar-refractivity contribution is -0.127. The number of fused-ring (bicyclic) bond motifs is 1. The molecule has 1 aromatic carbocycles. The Kier molecular flexibility index (Phi) is 7.00. The summed E-state index contributed by atoms with van der Waals surface area (Å²) in [7, 11) is 4.29. The van der Waals surface area contributed by atoms with E-state index in [-0.39, 0.29) is 29.9 Å². The normalized spacial score (nSPS) is 20.6. The van der Waals surface area contributed by atoms with Crippen molar-refractivity contribution in [1.29, 1.82) is 0 Å². The average Bonchev–Trinajstić information content (AvgIpc) is 3.11. The molecular weight excluding hydrogens is 452 g/mol. The van der Waals surface area contributed by atoms with E-state index in [0.717, 1.165) is 38.5 Å².